The first kappa shape index (κ1) is 21.0. The van der Waals surface area contributed by atoms with E-state index in [0.29, 0.717) is 0 Å². The number of rotatable bonds is 8. The van der Waals surface area contributed by atoms with E-state index in [1.165, 1.54) is 17.7 Å². The summed E-state index contributed by atoms with van der Waals surface area (Å²) in [4.78, 5) is 48.5. The lowest BCUT2D eigenvalue weighted by Gasteiger charge is -2.14. The summed E-state index contributed by atoms with van der Waals surface area (Å²) in [5.74, 6) is -1.22. The number of carbonyl (C=O) groups excluding carboxylic acids is 2. The third kappa shape index (κ3) is 5.44. The molecular formula is C22H23N3O5. The van der Waals surface area contributed by atoms with Crippen LogP contribution in [-0.2, 0) is 27.3 Å². The number of aromatic amines is 1. The Morgan fingerprint density at radius 1 is 1.03 bits per heavy atom. The number of nitrogens with one attached hydrogen (secondary N) is 2. The molecule has 2 aromatic carbocycles. The van der Waals surface area contributed by atoms with E-state index in [9.17, 15) is 19.2 Å². The van der Waals surface area contributed by atoms with Gasteiger partial charge in [-0.15, -0.1) is 0 Å². The fourth-order valence-electron chi connectivity index (χ4n) is 3.10. The van der Waals surface area contributed by atoms with Gasteiger partial charge in [-0.05, 0) is 37.5 Å². The van der Waals surface area contributed by atoms with Gasteiger partial charge in [0.05, 0.1) is 10.8 Å². The zero-order valence-corrected chi connectivity index (χ0v) is 16.6. The van der Waals surface area contributed by atoms with Crippen LogP contribution in [0.5, 0.6) is 0 Å². The molecule has 30 heavy (non-hydrogen) atoms. The second-order valence-electron chi connectivity index (χ2n) is 7.03. The Morgan fingerprint density at radius 2 is 1.70 bits per heavy atom. The average molecular weight is 409 g/mol. The lowest BCUT2D eigenvalue weighted by atomic mass is 10.1. The van der Waals surface area contributed by atoms with Crippen molar-refractivity contribution < 1.29 is 14.3 Å². The normalized spacial score (nSPS) is 11.8. The standard InChI is InChI=1S/C22H23N3O5/c1-15(11-12-16-7-3-2-4-8-16)23-19(26)14-30-20(27)13-25-22(29)18-10-6-5-9-17(18)21(28)24-25/h2-10,15H,11-14H2,1H3,(H,23,26)(H,24,28)/t15-/m1/s1. The van der Waals surface area contributed by atoms with Crippen LogP contribution in [0, 0.1) is 0 Å². The quantitative estimate of drug-likeness (QED) is 0.546. The number of carbonyl (C=O) groups is 2. The highest BCUT2D eigenvalue weighted by Crippen LogP contribution is 2.05. The molecule has 0 spiro atoms. The number of H-pyrrole nitrogens is 1. The molecule has 0 radical (unpaired) electrons. The molecule has 0 aliphatic carbocycles. The van der Waals surface area contributed by atoms with Gasteiger partial charge in [-0.2, -0.15) is 0 Å². The van der Waals surface area contributed by atoms with E-state index in [0.717, 1.165) is 17.5 Å². The van der Waals surface area contributed by atoms with E-state index in [4.69, 9.17) is 4.74 Å². The monoisotopic (exact) mass is 409 g/mol. The molecule has 0 unspecified atom stereocenters. The molecule has 8 heteroatoms. The fourth-order valence-corrected chi connectivity index (χ4v) is 3.10. The lowest BCUT2D eigenvalue weighted by Crippen LogP contribution is -2.37. The highest BCUT2D eigenvalue weighted by Gasteiger charge is 2.14. The number of nitrogens with zero attached hydrogens (tertiary/aromatic N) is 1. The van der Waals surface area contributed by atoms with E-state index >= 15 is 0 Å². The van der Waals surface area contributed by atoms with E-state index in [1.807, 2.05) is 37.3 Å². The van der Waals surface area contributed by atoms with Crippen molar-refractivity contribution in [2.45, 2.75) is 32.4 Å². The molecule has 0 saturated heterocycles. The molecule has 3 aromatic rings. The summed E-state index contributed by atoms with van der Waals surface area (Å²) in [6, 6.07) is 16.2. The minimum Gasteiger partial charge on any atom is -0.454 e. The maximum Gasteiger partial charge on any atom is 0.328 e. The molecule has 0 aliphatic heterocycles. The molecule has 0 fully saturated rings. The lowest BCUT2D eigenvalue weighted by molar-refractivity contribution is -0.149. The second kappa shape index (κ2) is 9.69. The first-order valence-corrected chi connectivity index (χ1v) is 9.65. The molecule has 1 aromatic heterocycles. The van der Waals surface area contributed by atoms with Gasteiger partial charge in [0, 0.05) is 6.04 Å². The van der Waals surface area contributed by atoms with Crippen molar-refractivity contribution in [3.8, 4) is 0 Å². The SMILES string of the molecule is C[C@H](CCc1ccccc1)NC(=O)COC(=O)Cn1[nH]c(=O)c2ccccc2c1=O. The highest BCUT2D eigenvalue weighted by atomic mass is 16.5. The summed E-state index contributed by atoms with van der Waals surface area (Å²) >= 11 is 0. The van der Waals surface area contributed by atoms with E-state index in [-0.39, 0.29) is 16.8 Å². The van der Waals surface area contributed by atoms with Crippen molar-refractivity contribution >= 4 is 22.6 Å². The first-order chi connectivity index (χ1) is 14.4. The molecule has 1 atom stereocenters. The Bertz CT molecular complexity index is 1150. The van der Waals surface area contributed by atoms with E-state index < -0.39 is 36.1 Å². The number of esters is 1. The van der Waals surface area contributed by atoms with Crippen LogP contribution in [0.1, 0.15) is 18.9 Å². The number of hydrogen-bond donors (Lipinski definition) is 2. The number of hydrogen-bond acceptors (Lipinski definition) is 5. The smallest absolute Gasteiger partial charge is 0.328 e. The Labute approximate surface area is 172 Å². The van der Waals surface area contributed by atoms with Crippen LogP contribution in [0.25, 0.3) is 10.8 Å². The van der Waals surface area contributed by atoms with Crippen LogP contribution in [0.2, 0.25) is 0 Å². The molecule has 1 amide bonds. The van der Waals surface area contributed by atoms with Gasteiger partial charge in [-0.25, -0.2) is 4.68 Å². The van der Waals surface area contributed by atoms with Crippen LogP contribution in [-0.4, -0.2) is 34.3 Å². The van der Waals surface area contributed by atoms with Crippen molar-refractivity contribution in [2.75, 3.05) is 6.61 Å². The van der Waals surface area contributed by atoms with Gasteiger partial charge < -0.3 is 10.1 Å². The third-order valence-electron chi connectivity index (χ3n) is 4.65. The Morgan fingerprint density at radius 3 is 2.43 bits per heavy atom. The average Bonchev–Trinajstić information content (AvgIpc) is 2.75. The Balaban J connectivity index is 1.49. The van der Waals surface area contributed by atoms with Crippen molar-refractivity contribution in [2.24, 2.45) is 0 Å². The number of amides is 1. The van der Waals surface area contributed by atoms with Gasteiger partial charge >= 0.3 is 5.97 Å². The minimum atomic E-state index is -0.796. The van der Waals surface area contributed by atoms with E-state index in [2.05, 4.69) is 10.4 Å². The summed E-state index contributed by atoms with van der Waals surface area (Å²) in [6.07, 6.45) is 1.57. The van der Waals surface area contributed by atoms with Gasteiger partial charge in [0.15, 0.2) is 6.61 Å². The molecule has 8 nitrogen and oxygen atoms in total. The summed E-state index contributed by atoms with van der Waals surface area (Å²) in [7, 11) is 0. The van der Waals surface area contributed by atoms with Crippen LogP contribution in [0.3, 0.4) is 0 Å². The number of aryl methyl sites for hydroxylation is 1. The Hall–Kier alpha value is -3.68. The Kier molecular flexibility index (Phi) is 6.79. The summed E-state index contributed by atoms with van der Waals surface area (Å²) < 4.78 is 5.83. The predicted octanol–water partition coefficient (Wildman–Crippen LogP) is 1.37. The van der Waals surface area contributed by atoms with Crippen LogP contribution in [0.4, 0.5) is 0 Å². The molecule has 0 aliphatic rings. The molecule has 156 valence electrons. The molecule has 0 bridgehead atoms. The van der Waals surface area contributed by atoms with E-state index in [1.54, 1.807) is 12.1 Å². The van der Waals surface area contributed by atoms with Crippen molar-refractivity contribution in [3.63, 3.8) is 0 Å². The molecule has 2 N–H and O–H groups in total. The molecule has 3 rings (SSSR count). The van der Waals surface area contributed by atoms with Crippen molar-refractivity contribution in [1.29, 1.82) is 0 Å². The zero-order valence-electron chi connectivity index (χ0n) is 16.6. The van der Waals surface area contributed by atoms with Gasteiger partial charge in [0.1, 0.15) is 6.54 Å². The third-order valence-corrected chi connectivity index (χ3v) is 4.65. The number of benzene rings is 2. The number of aromatic nitrogens is 2. The van der Waals surface area contributed by atoms with Crippen LogP contribution >= 0.6 is 0 Å². The largest absolute Gasteiger partial charge is 0.454 e. The maximum atomic E-state index is 12.4. The zero-order chi connectivity index (χ0) is 21.5. The maximum absolute atomic E-state index is 12.4. The highest BCUT2D eigenvalue weighted by molar-refractivity contribution is 5.82. The molecule has 0 saturated carbocycles. The van der Waals surface area contributed by atoms with Gasteiger partial charge in [0.2, 0.25) is 0 Å². The molecular weight excluding hydrogens is 386 g/mol. The van der Waals surface area contributed by atoms with Crippen molar-refractivity contribution in [1.82, 2.24) is 15.1 Å². The molecule has 1 heterocycles. The van der Waals surface area contributed by atoms with Crippen molar-refractivity contribution in [3.05, 3.63) is 80.9 Å². The van der Waals surface area contributed by atoms with Crippen LogP contribution < -0.4 is 16.4 Å². The number of fused-ring (bicyclic) bond motifs is 1. The van der Waals surface area contributed by atoms with Crippen LogP contribution in [0.15, 0.2) is 64.2 Å². The summed E-state index contributed by atoms with van der Waals surface area (Å²) in [5.41, 5.74) is 0.184. The summed E-state index contributed by atoms with van der Waals surface area (Å²) in [6.45, 7) is 0.929. The topological polar surface area (TPSA) is 110 Å². The first-order valence-electron chi connectivity index (χ1n) is 9.65. The van der Waals surface area contributed by atoms with Gasteiger partial charge in [-0.1, -0.05) is 42.5 Å². The summed E-state index contributed by atoms with van der Waals surface area (Å²) in [5, 5.41) is 5.57. The fraction of sp³-hybridized carbons (Fsp3) is 0.273. The van der Waals surface area contributed by atoms with Gasteiger partial charge in [0.25, 0.3) is 17.0 Å². The van der Waals surface area contributed by atoms with Gasteiger partial charge in [-0.3, -0.25) is 24.3 Å². The predicted molar refractivity (Wildman–Crippen MR) is 112 cm³/mol. The number of ether oxygens (including phenoxy) is 1. The minimum absolute atomic E-state index is 0.0872. The second-order valence-corrected chi connectivity index (χ2v) is 7.03.